The smallest absolute Gasteiger partial charge is 0.0683 e. The molecule has 2 heterocycles. The molecule has 2 aliphatic rings. The number of rotatable bonds is 3. The normalized spacial score (nSPS) is 42.0. The van der Waals surface area contributed by atoms with Gasteiger partial charge in [-0.3, -0.25) is 0 Å². The zero-order valence-corrected chi connectivity index (χ0v) is 11.1. The minimum atomic E-state index is 0.0612. The van der Waals surface area contributed by atoms with Crippen LogP contribution in [0.3, 0.4) is 0 Å². The standard InChI is InChI=1S/C12H21BrO2/c1-12(8-10-5-3-7-14-10)6-2-4-11(9-13)15-12/h10-11H,2-9H2,1H3. The molecule has 0 N–H and O–H groups in total. The second kappa shape index (κ2) is 5.15. The second-order valence-corrected chi connectivity index (χ2v) is 5.72. The summed E-state index contributed by atoms with van der Waals surface area (Å²) in [5.41, 5.74) is 0.0612. The van der Waals surface area contributed by atoms with Gasteiger partial charge in [-0.25, -0.2) is 0 Å². The summed E-state index contributed by atoms with van der Waals surface area (Å²) in [6.45, 7) is 3.20. The van der Waals surface area contributed by atoms with Crippen molar-refractivity contribution in [2.45, 2.75) is 63.3 Å². The molecular formula is C12H21BrO2. The molecule has 0 aromatic carbocycles. The molecule has 0 aliphatic carbocycles. The fraction of sp³-hybridized carbons (Fsp3) is 1.00. The molecule has 0 aromatic heterocycles. The van der Waals surface area contributed by atoms with Crippen molar-refractivity contribution in [2.75, 3.05) is 11.9 Å². The lowest BCUT2D eigenvalue weighted by molar-refractivity contribution is -0.127. The number of alkyl halides is 1. The van der Waals surface area contributed by atoms with Gasteiger partial charge in [-0.1, -0.05) is 15.9 Å². The highest BCUT2D eigenvalue weighted by molar-refractivity contribution is 9.09. The third-order valence-electron chi connectivity index (χ3n) is 3.54. The van der Waals surface area contributed by atoms with Gasteiger partial charge in [-0.2, -0.15) is 0 Å². The molecule has 3 unspecified atom stereocenters. The molecule has 0 radical (unpaired) electrons. The average molecular weight is 277 g/mol. The zero-order valence-electron chi connectivity index (χ0n) is 9.51. The lowest BCUT2D eigenvalue weighted by Gasteiger charge is -2.39. The average Bonchev–Trinajstić information content (AvgIpc) is 2.69. The molecule has 2 saturated heterocycles. The van der Waals surface area contributed by atoms with Crippen LogP contribution >= 0.6 is 15.9 Å². The molecule has 2 nitrogen and oxygen atoms in total. The number of halogens is 1. The van der Waals surface area contributed by atoms with Gasteiger partial charge in [0.05, 0.1) is 17.8 Å². The predicted molar refractivity (Wildman–Crippen MR) is 64.5 cm³/mol. The van der Waals surface area contributed by atoms with Crippen LogP contribution in [0.1, 0.15) is 45.4 Å². The molecule has 0 aromatic rings. The van der Waals surface area contributed by atoms with E-state index in [2.05, 4.69) is 22.9 Å². The summed E-state index contributed by atoms with van der Waals surface area (Å²) in [4.78, 5) is 0. The van der Waals surface area contributed by atoms with Gasteiger partial charge in [0.2, 0.25) is 0 Å². The highest BCUT2D eigenvalue weighted by Crippen LogP contribution is 2.35. The molecule has 0 bridgehead atoms. The summed E-state index contributed by atoms with van der Waals surface area (Å²) in [7, 11) is 0. The molecule has 3 atom stereocenters. The van der Waals surface area contributed by atoms with Crippen LogP contribution in [0.25, 0.3) is 0 Å². The first-order valence-electron chi connectivity index (χ1n) is 6.07. The van der Waals surface area contributed by atoms with Crippen molar-refractivity contribution in [3.63, 3.8) is 0 Å². The highest BCUT2D eigenvalue weighted by Gasteiger charge is 2.35. The maximum atomic E-state index is 6.16. The Morgan fingerprint density at radius 3 is 2.73 bits per heavy atom. The maximum absolute atomic E-state index is 6.16. The summed E-state index contributed by atoms with van der Waals surface area (Å²) in [6, 6.07) is 0. The molecule has 3 heteroatoms. The molecule has 0 spiro atoms. The van der Waals surface area contributed by atoms with Crippen molar-refractivity contribution in [3.8, 4) is 0 Å². The van der Waals surface area contributed by atoms with Crippen LogP contribution in [-0.4, -0.2) is 29.7 Å². The molecule has 2 aliphatic heterocycles. The van der Waals surface area contributed by atoms with Crippen LogP contribution < -0.4 is 0 Å². The fourth-order valence-corrected chi connectivity index (χ4v) is 3.23. The lowest BCUT2D eigenvalue weighted by atomic mass is 9.88. The Kier molecular flexibility index (Phi) is 4.08. The number of ether oxygens (including phenoxy) is 2. The summed E-state index contributed by atoms with van der Waals surface area (Å²) in [5, 5.41) is 0.966. The Balaban J connectivity index is 1.87. The van der Waals surface area contributed by atoms with Crippen LogP contribution in [0.2, 0.25) is 0 Å². The maximum Gasteiger partial charge on any atom is 0.0683 e. The molecular weight excluding hydrogens is 256 g/mol. The van der Waals surface area contributed by atoms with Gasteiger partial charge in [-0.15, -0.1) is 0 Å². The first-order valence-corrected chi connectivity index (χ1v) is 7.19. The minimum absolute atomic E-state index is 0.0612. The van der Waals surface area contributed by atoms with Gasteiger partial charge in [0.1, 0.15) is 0 Å². The summed E-state index contributed by atoms with van der Waals surface area (Å²) < 4.78 is 11.9. The van der Waals surface area contributed by atoms with Gasteiger partial charge in [0.15, 0.2) is 0 Å². The van der Waals surface area contributed by atoms with E-state index in [1.165, 1.54) is 32.1 Å². The predicted octanol–water partition coefficient (Wildman–Crippen LogP) is 3.28. The van der Waals surface area contributed by atoms with E-state index in [0.29, 0.717) is 12.2 Å². The third-order valence-corrected chi connectivity index (χ3v) is 4.26. The van der Waals surface area contributed by atoms with Gasteiger partial charge in [0, 0.05) is 18.4 Å². The van der Waals surface area contributed by atoms with Crippen LogP contribution in [0.5, 0.6) is 0 Å². The van der Waals surface area contributed by atoms with Crippen molar-refractivity contribution < 1.29 is 9.47 Å². The van der Waals surface area contributed by atoms with Crippen LogP contribution in [0, 0.1) is 0 Å². The Morgan fingerprint density at radius 2 is 2.07 bits per heavy atom. The van der Waals surface area contributed by atoms with Gasteiger partial charge >= 0.3 is 0 Å². The topological polar surface area (TPSA) is 18.5 Å². The Bertz CT molecular complexity index is 204. The first-order chi connectivity index (χ1) is 7.22. The third kappa shape index (κ3) is 3.18. The van der Waals surface area contributed by atoms with E-state index in [4.69, 9.17) is 9.47 Å². The largest absolute Gasteiger partial charge is 0.378 e. The molecule has 0 saturated carbocycles. The lowest BCUT2D eigenvalue weighted by Crippen LogP contribution is -2.41. The van der Waals surface area contributed by atoms with Crippen molar-refractivity contribution >= 4 is 15.9 Å². The van der Waals surface area contributed by atoms with Gasteiger partial charge in [-0.05, 0) is 39.0 Å². The SMILES string of the molecule is CC1(CC2CCCO2)CCCC(CBr)O1. The Labute approximate surface area is 101 Å². The highest BCUT2D eigenvalue weighted by atomic mass is 79.9. The van der Waals surface area contributed by atoms with Crippen molar-refractivity contribution in [1.82, 2.24) is 0 Å². The molecule has 15 heavy (non-hydrogen) atoms. The van der Waals surface area contributed by atoms with E-state index in [9.17, 15) is 0 Å². The van der Waals surface area contributed by atoms with E-state index in [0.717, 1.165) is 18.4 Å². The van der Waals surface area contributed by atoms with Crippen LogP contribution in [0.4, 0.5) is 0 Å². The molecule has 2 rings (SSSR count). The van der Waals surface area contributed by atoms with Crippen molar-refractivity contribution in [1.29, 1.82) is 0 Å². The molecule has 0 amide bonds. The van der Waals surface area contributed by atoms with Crippen molar-refractivity contribution in [2.24, 2.45) is 0 Å². The van der Waals surface area contributed by atoms with Crippen LogP contribution in [0.15, 0.2) is 0 Å². The molecule has 2 fully saturated rings. The Morgan fingerprint density at radius 1 is 1.27 bits per heavy atom. The second-order valence-electron chi connectivity index (χ2n) is 5.08. The zero-order chi connectivity index (χ0) is 10.7. The Hall–Kier alpha value is 0.400. The van der Waals surface area contributed by atoms with E-state index >= 15 is 0 Å². The number of hydrogen-bond acceptors (Lipinski definition) is 2. The van der Waals surface area contributed by atoms with E-state index < -0.39 is 0 Å². The van der Waals surface area contributed by atoms with Crippen LogP contribution in [-0.2, 0) is 9.47 Å². The first kappa shape index (κ1) is 11.9. The van der Waals surface area contributed by atoms with Gasteiger partial charge in [0.25, 0.3) is 0 Å². The minimum Gasteiger partial charge on any atom is -0.378 e. The van der Waals surface area contributed by atoms with Crippen molar-refractivity contribution in [3.05, 3.63) is 0 Å². The summed E-state index contributed by atoms with van der Waals surface area (Å²) >= 11 is 3.52. The summed E-state index contributed by atoms with van der Waals surface area (Å²) in [6.07, 6.45) is 8.06. The fourth-order valence-electron chi connectivity index (χ4n) is 2.77. The van der Waals surface area contributed by atoms with Gasteiger partial charge < -0.3 is 9.47 Å². The summed E-state index contributed by atoms with van der Waals surface area (Å²) in [5.74, 6) is 0. The van der Waals surface area contributed by atoms with E-state index in [-0.39, 0.29) is 5.60 Å². The molecule has 88 valence electrons. The number of hydrogen-bond donors (Lipinski definition) is 0. The van der Waals surface area contributed by atoms with E-state index in [1.807, 2.05) is 0 Å². The quantitative estimate of drug-likeness (QED) is 0.737. The monoisotopic (exact) mass is 276 g/mol. The van der Waals surface area contributed by atoms with E-state index in [1.54, 1.807) is 0 Å².